The van der Waals surface area contributed by atoms with E-state index < -0.39 is 23.6 Å². The SMILES string of the molecule is N[C@H](Cc1ncc(F)cc1F)C(=O)O. The fourth-order valence-corrected chi connectivity index (χ4v) is 0.889. The zero-order valence-corrected chi connectivity index (χ0v) is 7.08. The minimum absolute atomic E-state index is 0.152. The van der Waals surface area contributed by atoms with Gasteiger partial charge in [0.05, 0.1) is 11.9 Å². The second-order valence-electron chi connectivity index (χ2n) is 2.73. The van der Waals surface area contributed by atoms with E-state index in [0.29, 0.717) is 6.07 Å². The molecule has 0 amide bonds. The van der Waals surface area contributed by atoms with Crippen LogP contribution in [-0.4, -0.2) is 22.1 Å². The molecule has 0 spiro atoms. The van der Waals surface area contributed by atoms with E-state index in [2.05, 4.69) is 4.98 Å². The highest BCUT2D eigenvalue weighted by atomic mass is 19.1. The van der Waals surface area contributed by atoms with E-state index in [9.17, 15) is 13.6 Å². The Bertz CT molecular complexity index is 357. The van der Waals surface area contributed by atoms with Crippen molar-refractivity contribution in [2.75, 3.05) is 0 Å². The molecule has 14 heavy (non-hydrogen) atoms. The summed E-state index contributed by atoms with van der Waals surface area (Å²) in [5.41, 5.74) is 5.00. The van der Waals surface area contributed by atoms with E-state index in [1.165, 1.54) is 0 Å². The van der Waals surface area contributed by atoms with Gasteiger partial charge in [-0.15, -0.1) is 0 Å². The van der Waals surface area contributed by atoms with Crippen LogP contribution in [-0.2, 0) is 11.2 Å². The Morgan fingerprint density at radius 2 is 2.29 bits per heavy atom. The molecular formula is C8H8F2N2O2. The molecule has 0 radical (unpaired) electrons. The lowest BCUT2D eigenvalue weighted by molar-refractivity contribution is -0.138. The average molecular weight is 202 g/mol. The molecule has 1 atom stereocenters. The highest BCUT2D eigenvalue weighted by Gasteiger charge is 2.15. The topological polar surface area (TPSA) is 76.2 Å². The summed E-state index contributed by atoms with van der Waals surface area (Å²) in [6.45, 7) is 0. The molecule has 1 aromatic rings. The highest BCUT2D eigenvalue weighted by Crippen LogP contribution is 2.07. The molecule has 1 heterocycles. The number of rotatable bonds is 3. The molecule has 0 aromatic carbocycles. The fourth-order valence-electron chi connectivity index (χ4n) is 0.889. The maximum absolute atomic E-state index is 12.9. The van der Waals surface area contributed by atoms with Gasteiger partial charge in [-0.2, -0.15) is 0 Å². The van der Waals surface area contributed by atoms with Gasteiger partial charge in [0.1, 0.15) is 17.7 Å². The van der Waals surface area contributed by atoms with Crippen molar-refractivity contribution in [1.82, 2.24) is 4.98 Å². The Balaban J connectivity index is 2.82. The molecule has 0 saturated heterocycles. The number of hydrogen-bond acceptors (Lipinski definition) is 3. The molecule has 0 unspecified atom stereocenters. The Labute approximate surface area is 78.4 Å². The second kappa shape index (κ2) is 4.10. The van der Waals surface area contributed by atoms with E-state index >= 15 is 0 Å². The number of halogens is 2. The summed E-state index contributed by atoms with van der Waals surface area (Å²) < 4.78 is 25.3. The third-order valence-electron chi connectivity index (χ3n) is 1.61. The lowest BCUT2D eigenvalue weighted by Crippen LogP contribution is -2.32. The molecule has 0 fully saturated rings. The van der Waals surface area contributed by atoms with Crippen LogP contribution in [0, 0.1) is 11.6 Å². The Morgan fingerprint density at radius 3 is 2.79 bits per heavy atom. The van der Waals surface area contributed by atoms with Crippen molar-refractivity contribution in [2.45, 2.75) is 12.5 Å². The number of carboxylic acids is 1. The zero-order valence-electron chi connectivity index (χ0n) is 7.08. The van der Waals surface area contributed by atoms with Crippen LogP contribution in [0.15, 0.2) is 12.3 Å². The molecule has 0 bridgehead atoms. The molecule has 3 N–H and O–H groups in total. The summed E-state index contributed by atoms with van der Waals surface area (Å²) in [6.07, 6.45) is 0.550. The maximum Gasteiger partial charge on any atom is 0.320 e. The van der Waals surface area contributed by atoms with Gasteiger partial charge in [-0.25, -0.2) is 8.78 Å². The van der Waals surface area contributed by atoms with E-state index in [-0.39, 0.29) is 12.1 Å². The van der Waals surface area contributed by atoms with Crippen molar-refractivity contribution in [3.63, 3.8) is 0 Å². The van der Waals surface area contributed by atoms with Crippen molar-refractivity contribution < 1.29 is 18.7 Å². The van der Waals surface area contributed by atoms with Crippen molar-refractivity contribution in [2.24, 2.45) is 5.73 Å². The predicted octanol–water partition coefficient (Wildman–Crippen LogP) is 0.314. The largest absolute Gasteiger partial charge is 0.480 e. The van der Waals surface area contributed by atoms with E-state index in [1.54, 1.807) is 0 Å². The van der Waals surface area contributed by atoms with Gasteiger partial charge in [-0.3, -0.25) is 9.78 Å². The first-order valence-corrected chi connectivity index (χ1v) is 3.79. The van der Waals surface area contributed by atoms with Crippen molar-refractivity contribution in [1.29, 1.82) is 0 Å². The average Bonchev–Trinajstić information content (AvgIpc) is 2.09. The van der Waals surface area contributed by atoms with Crippen LogP contribution < -0.4 is 5.73 Å². The molecule has 76 valence electrons. The minimum atomic E-state index is -1.25. The predicted molar refractivity (Wildman–Crippen MR) is 43.5 cm³/mol. The molecule has 0 saturated carbocycles. The van der Waals surface area contributed by atoms with Crippen molar-refractivity contribution >= 4 is 5.97 Å². The number of nitrogens with two attached hydrogens (primary N) is 1. The first kappa shape index (κ1) is 10.5. The number of carboxylic acid groups (broad SMARTS) is 1. The van der Waals surface area contributed by atoms with Crippen LogP contribution in [0.4, 0.5) is 8.78 Å². The van der Waals surface area contributed by atoms with Gasteiger partial charge < -0.3 is 10.8 Å². The lowest BCUT2D eigenvalue weighted by Gasteiger charge is -2.05. The first-order chi connectivity index (χ1) is 6.50. The van der Waals surface area contributed by atoms with E-state index in [4.69, 9.17) is 10.8 Å². The smallest absolute Gasteiger partial charge is 0.320 e. The molecular weight excluding hydrogens is 194 g/mol. The van der Waals surface area contributed by atoms with Crippen LogP contribution in [0.1, 0.15) is 5.69 Å². The number of aliphatic carboxylic acids is 1. The molecule has 1 aromatic heterocycles. The second-order valence-corrected chi connectivity index (χ2v) is 2.73. The molecule has 0 aliphatic heterocycles. The molecule has 0 aliphatic carbocycles. The molecule has 0 aliphatic rings. The summed E-state index contributed by atoms with van der Waals surface area (Å²) in [5.74, 6) is -2.95. The van der Waals surface area contributed by atoms with Crippen LogP contribution in [0.25, 0.3) is 0 Å². The highest BCUT2D eigenvalue weighted by molar-refractivity contribution is 5.73. The fraction of sp³-hybridized carbons (Fsp3) is 0.250. The number of pyridine rings is 1. The monoisotopic (exact) mass is 202 g/mol. The summed E-state index contributed by atoms with van der Waals surface area (Å²) >= 11 is 0. The lowest BCUT2D eigenvalue weighted by atomic mass is 10.1. The van der Waals surface area contributed by atoms with E-state index in [1.807, 2.05) is 0 Å². The Morgan fingerprint density at radius 1 is 1.64 bits per heavy atom. The number of hydrogen-bond donors (Lipinski definition) is 2. The van der Waals surface area contributed by atoms with Gasteiger partial charge in [0.25, 0.3) is 0 Å². The van der Waals surface area contributed by atoms with Crippen molar-refractivity contribution in [3.8, 4) is 0 Å². The Kier molecular flexibility index (Phi) is 3.08. The van der Waals surface area contributed by atoms with E-state index in [0.717, 1.165) is 6.20 Å². The zero-order chi connectivity index (χ0) is 10.7. The van der Waals surface area contributed by atoms with Crippen molar-refractivity contribution in [3.05, 3.63) is 29.6 Å². The van der Waals surface area contributed by atoms with Gasteiger partial charge in [0.15, 0.2) is 0 Å². The van der Waals surface area contributed by atoms with Crippen LogP contribution in [0.2, 0.25) is 0 Å². The van der Waals surface area contributed by atoms with Gasteiger partial charge >= 0.3 is 5.97 Å². The van der Waals surface area contributed by atoms with Crippen LogP contribution in [0.3, 0.4) is 0 Å². The molecule has 1 rings (SSSR count). The molecule has 6 heteroatoms. The summed E-state index contributed by atoms with van der Waals surface area (Å²) in [7, 11) is 0. The first-order valence-electron chi connectivity index (χ1n) is 3.79. The van der Waals surface area contributed by atoms with Gasteiger partial charge in [-0.1, -0.05) is 0 Å². The summed E-state index contributed by atoms with van der Waals surface area (Å²) in [6, 6.07) is -0.598. The van der Waals surface area contributed by atoms with Gasteiger partial charge in [-0.05, 0) is 0 Å². The third-order valence-corrected chi connectivity index (χ3v) is 1.61. The quantitative estimate of drug-likeness (QED) is 0.739. The minimum Gasteiger partial charge on any atom is -0.480 e. The Hall–Kier alpha value is -1.56. The van der Waals surface area contributed by atoms with Crippen LogP contribution >= 0.6 is 0 Å². The maximum atomic E-state index is 12.9. The number of nitrogens with zero attached hydrogens (tertiary/aromatic N) is 1. The van der Waals surface area contributed by atoms with Crippen LogP contribution in [0.5, 0.6) is 0 Å². The summed E-state index contributed by atoms with van der Waals surface area (Å²) in [4.78, 5) is 13.7. The number of aromatic nitrogens is 1. The molecule has 4 nitrogen and oxygen atoms in total. The third kappa shape index (κ3) is 2.46. The van der Waals surface area contributed by atoms with Gasteiger partial charge in [0.2, 0.25) is 0 Å². The summed E-state index contributed by atoms with van der Waals surface area (Å²) in [5, 5.41) is 8.44. The standard InChI is InChI=1S/C8H8F2N2O2/c9-4-1-5(10)7(12-3-4)2-6(11)8(13)14/h1,3,6H,2,11H2,(H,13,14)/t6-/m1/s1. The normalized spacial score (nSPS) is 12.5. The van der Waals surface area contributed by atoms with Gasteiger partial charge in [0, 0.05) is 12.5 Å². The number of carbonyl (C=O) groups is 1.